The number of nitrogens with one attached hydrogen (secondary N) is 1. The van der Waals surface area contributed by atoms with Gasteiger partial charge in [0, 0.05) is 43.5 Å². The molecule has 226 valence electrons. The van der Waals surface area contributed by atoms with Crippen molar-refractivity contribution in [2.45, 2.75) is 83.0 Å². The van der Waals surface area contributed by atoms with Crippen molar-refractivity contribution in [3.8, 4) is 11.5 Å². The third kappa shape index (κ3) is 9.24. The highest BCUT2D eigenvalue weighted by Crippen LogP contribution is 2.37. The van der Waals surface area contributed by atoms with Crippen LogP contribution in [0.25, 0.3) is 0 Å². The van der Waals surface area contributed by atoms with Gasteiger partial charge in [-0.05, 0) is 72.9 Å². The molecule has 1 aromatic rings. The molecule has 2 aliphatic carbocycles. The third-order valence-electron chi connectivity index (χ3n) is 7.68. The number of aldehydes is 1. The lowest BCUT2D eigenvalue weighted by atomic mass is 9.85. The van der Waals surface area contributed by atoms with Crippen LogP contribution in [-0.2, 0) is 14.4 Å². The molecule has 10 nitrogen and oxygen atoms in total. The number of rotatable bonds is 14. The van der Waals surface area contributed by atoms with Crippen molar-refractivity contribution in [1.82, 2.24) is 10.2 Å². The summed E-state index contributed by atoms with van der Waals surface area (Å²) in [5, 5.41) is 23.6. The van der Waals surface area contributed by atoms with Gasteiger partial charge in [-0.2, -0.15) is 0 Å². The van der Waals surface area contributed by atoms with E-state index in [-0.39, 0.29) is 43.6 Å². The van der Waals surface area contributed by atoms with Crippen molar-refractivity contribution < 1.29 is 38.9 Å². The normalized spacial score (nSPS) is 21.0. The van der Waals surface area contributed by atoms with Crippen LogP contribution in [0.2, 0.25) is 0 Å². The molecule has 2 aliphatic rings. The lowest BCUT2D eigenvalue weighted by Crippen LogP contribution is -2.56. The van der Waals surface area contributed by atoms with Gasteiger partial charge in [0.25, 0.3) is 0 Å². The molecule has 1 saturated carbocycles. The Morgan fingerprint density at radius 2 is 1.90 bits per heavy atom. The number of nitrogens with zero attached hydrogens (tertiary/aromatic N) is 1. The first kappa shape index (κ1) is 33.0. The number of ether oxygens (including phenoxy) is 2. The van der Waals surface area contributed by atoms with Gasteiger partial charge in [-0.3, -0.25) is 14.4 Å². The number of methoxy groups -OCH3 is 1. The zero-order valence-electron chi connectivity index (χ0n) is 23.8. The smallest absolute Gasteiger partial charge is 0.247 e. The van der Waals surface area contributed by atoms with Gasteiger partial charge in [0.1, 0.15) is 24.3 Å². The average Bonchev–Trinajstić information content (AvgIpc) is 2.96. The first-order chi connectivity index (χ1) is 19.7. The molecule has 1 aromatic carbocycles. The molecule has 3 atom stereocenters. The summed E-state index contributed by atoms with van der Waals surface area (Å²) >= 11 is 2.02. The van der Waals surface area contributed by atoms with Gasteiger partial charge in [-0.15, -0.1) is 0 Å². The maximum Gasteiger partial charge on any atom is 0.247 e. The Morgan fingerprint density at radius 1 is 1.17 bits per heavy atom. The largest absolute Gasteiger partial charge is 0.493 e. The van der Waals surface area contributed by atoms with Gasteiger partial charge in [0.15, 0.2) is 11.5 Å². The number of carbonyl (C=O) groups is 4. The van der Waals surface area contributed by atoms with Gasteiger partial charge in [-0.25, -0.2) is 0 Å². The average molecular weight is 685 g/mol. The van der Waals surface area contributed by atoms with Crippen molar-refractivity contribution >= 4 is 46.5 Å². The summed E-state index contributed by atoms with van der Waals surface area (Å²) in [6.45, 7) is 1.78. The number of benzene rings is 1. The number of ketones is 1. The molecule has 0 saturated heterocycles. The van der Waals surface area contributed by atoms with Crippen LogP contribution in [0.15, 0.2) is 23.8 Å². The standard InChI is InChI=1S/C30H41IN2O8/c1-19(36)7-6-10-27(37)33(17-20-8-4-3-5-9-20)24-15-22(30(39)32-11-12-34)16-25(28(24)38)41-29-23(31)13-21(18-35)14-26(29)40-2/h13-14,16,18,20,24-25,28,34,38H,3-12,15,17H2,1-2H3,(H,32,39)/t24-,25+,28+/m1/s1. The van der Waals surface area contributed by atoms with E-state index < -0.39 is 24.2 Å². The van der Waals surface area contributed by atoms with E-state index in [4.69, 9.17) is 9.47 Å². The number of amides is 2. The zero-order chi connectivity index (χ0) is 29.9. The molecule has 0 spiro atoms. The van der Waals surface area contributed by atoms with Gasteiger partial charge < -0.3 is 34.7 Å². The number of hydrogen-bond acceptors (Lipinski definition) is 8. The number of halogens is 1. The SMILES string of the molecule is COc1cc(C=O)cc(I)c1O[C@H]1C=C(C(=O)NCCO)C[C@@H](N(CC2CCCCC2)C(=O)CCCC(C)=O)[C@@H]1O. The molecule has 2 amide bonds. The van der Waals surface area contributed by atoms with Gasteiger partial charge >= 0.3 is 0 Å². The maximum absolute atomic E-state index is 13.6. The molecule has 0 heterocycles. The fourth-order valence-electron chi connectivity index (χ4n) is 5.54. The minimum absolute atomic E-state index is 0.0118. The van der Waals surface area contributed by atoms with Crippen molar-refractivity contribution in [2.24, 2.45) is 5.92 Å². The number of hydrogen-bond donors (Lipinski definition) is 3. The van der Waals surface area contributed by atoms with Crippen LogP contribution < -0.4 is 14.8 Å². The van der Waals surface area contributed by atoms with Gasteiger partial charge in [-0.1, -0.05) is 19.3 Å². The van der Waals surface area contributed by atoms with Crippen LogP contribution in [0.1, 0.15) is 75.1 Å². The van der Waals surface area contributed by atoms with E-state index in [1.807, 2.05) is 22.6 Å². The molecule has 0 unspecified atom stereocenters. The lowest BCUT2D eigenvalue weighted by molar-refractivity contribution is -0.140. The Bertz CT molecular complexity index is 1120. The van der Waals surface area contributed by atoms with Crippen LogP contribution in [-0.4, -0.2) is 84.1 Å². The molecule has 0 bridgehead atoms. The van der Waals surface area contributed by atoms with E-state index in [0.29, 0.717) is 51.9 Å². The van der Waals surface area contributed by atoms with Crippen LogP contribution in [0, 0.1) is 9.49 Å². The molecule has 3 rings (SSSR count). The van der Waals surface area contributed by atoms with E-state index in [1.165, 1.54) is 20.1 Å². The van der Waals surface area contributed by atoms with E-state index >= 15 is 0 Å². The van der Waals surface area contributed by atoms with Crippen LogP contribution in [0.5, 0.6) is 11.5 Å². The van der Waals surface area contributed by atoms with Crippen LogP contribution in [0.4, 0.5) is 0 Å². The maximum atomic E-state index is 13.6. The summed E-state index contributed by atoms with van der Waals surface area (Å²) < 4.78 is 12.3. The molecular weight excluding hydrogens is 643 g/mol. The Balaban J connectivity index is 1.97. The Kier molecular flexibility index (Phi) is 13.0. The second-order valence-electron chi connectivity index (χ2n) is 10.8. The highest BCUT2D eigenvalue weighted by Gasteiger charge is 2.41. The summed E-state index contributed by atoms with van der Waals surface area (Å²) in [6.07, 6.45) is 6.35. The first-order valence-electron chi connectivity index (χ1n) is 14.2. The van der Waals surface area contributed by atoms with Crippen LogP contribution >= 0.6 is 22.6 Å². The summed E-state index contributed by atoms with van der Waals surface area (Å²) in [4.78, 5) is 51.3. The Labute approximate surface area is 255 Å². The number of carbonyl (C=O) groups excluding carboxylic acids is 4. The number of aliphatic hydroxyl groups excluding tert-OH is 2. The number of Topliss-reactive ketones (excluding diaryl/α,β-unsaturated/α-hetero) is 1. The molecule has 11 heteroatoms. The first-order valence-corrected chi connectivity index (χ1v) is 15.3. The molecule has 0 aliphatic heterocycles. The second kappa shape index (κ2) is 16.2. The predicted octanol–water partition coefficient (Wildman–Crippen LogP) is 3.20. The third-order valence-corrected chi connectivity index (χ3v) is 8.48. The van der Waals surface area contributed by atoms with Gasteiger partial charge in [0.2, 0.25) is 11.8 Å². The topological polar surface area (TPSA) is 142 Å². The van der Waals surface area contributed by atoms with Crippen molar-refractivity contribution in [1.29, 1.82) is 0 Å². The number of aliphatic hydroxyl groups is 2. The van der Waals surface area contributed by atoms with Crippen molar-refractivity contribution in [2.75, 3.05) is 26.8 Å². The molecule has 41 heavy (non-hydrogen) atoms. The summed E-state index contributed by atoms with van der Waals surface area (Å²) in [5.74, 6) is 0.316. The summed E-state index contributed by atoms with van der Waals surface area (Å²) in [6, 6.07) is 2.42. The summed E-state index contributed by atoms with van der Waals surface area (Å²) in [5.41, 5.74) is 0.734. The van der Waals surface area contributed by atoms with Crippen molar-refractivity contribution in [3.63, 3.8) is 0 Å². The summed E-state index contributed by atoms with van der Waals surface area (Å²) in [7, 11) is 1.45. The van der Waals surface area contributed by atoms with Crippen LogP contribution in [0.3, 0.4) is 0 Å². The van der Waals surface area contributed by atoms with E-state index in [1.54, 1.807) is 17.0 Å². The second-order valence-corrected chi connectivity index (χ2v) is 11.9. The monoisotopic (exact) mass is 684 g/mol. The highest BCUT2D eigenvalue weighted by atomic mass is 127. The molecule has 0 aromatic heterocycles. The molecule has 1 fully saturated rings. The Hall–Kier alpha value is -2.51. The quantitative estimate of drug-likeness (QED) is 0.201. The fourth-order valence-corrected chi connectivity index (χ4v) is 6.29. The zero-order valence-corrected chi connectivity index (χ0v) is 25.9. The fraction of sp³-hybridized carbons (Fsp3) is 0.600. The minimum atomic E-state index is -1.17. The predicted molar refractivity (Wildman–Crippen MR) is 161 cm³/mol. The van der Waals surface area contributed by atoms with E-state index in [9.17, 15) is 29.4 Å². The minimum Gasteiger partial charge on any atom is -0.493 e. The van der Waals surface area contributed by atoms with Crippen molar-refractivity contribution in [3.05, 3.63) is 32.9 Å². The van der Waals surface area contributed by atoms with Gasteiger partial charge in [0.05, 0.1) is 23.3 Å². The molecule has 0 radical (unpaired) electrons. The van der Waals surface area contributed by atoms with E-state index in [2.05, 4.69) is 5.32 Å². The molecule has 3 N–H and O–H groups in total. The lowest BCUT2D eigenvalue weighted by Gasteiger charge is -2.42. The highest BCUT2D eigenvalue weighted by molar-refractivity contribution is 14.1. The van der Waals surface area contributed by atoms with E-state index in [0.717, 1.165) is 32.1 Å². The Morgan fingerprint density at radius 3 is 2.54 bits per heavy atom. The molecular formula is C30H41IN2O8.